The zero-order chi connectivity index (χ0) is 12.9. The summed E-state index contributed by atoms with van der Waals surface area (Å²) in [5.41, 5.74) is 0.581. The fourth-order valence-electron chi connectivity index (χ4n) is 1.03. The molecule has 0 unspecified atom stereocenters. The Bertz CT molecular complexity index is 537. The molecule has 0 aliphatic rings. The van der Waals surface area contributed by atoms with Gasteiger partial charge in [0.15, 0.2) is 0 Å². The highest BCUT2D eigenvalue weighted by Crippen LogP contribution is 2.16. The Hall–Kier alpha value is -1.76. The lowest BCUT2D eigenvalue weighted by molar-refractivity contribution is 0.0526. The van der Waals surface area contributed by atoms with E-state index in [2.05, 4.69) is 9.63 Å². The number of hydrogen-bond acceptors (Lipinski definition) is 5. The smallest absolute Gasteiger partial charge is 0.338 e. The van der Waals surface area contributed by atoms with E-state index in [0.29, 0.717) is 5.56 Å². The minimum absolute atomic E-state index is 0.272. The first-order valence-corrected chi connectivity index (χ1v) is 6.67. The van der Waals surface area contributed by atoms with Gasteiger partial charge in [-0.2, -0.15) is 0 Å². The third-order valence-electron chi connectivity index (χ3n) is 1.66. The lowest BCUT2D eigenvalue weighted by atomic mass is 10.2. The topological polar surface area (TPSA) is 85.2 Å². The van der Waals surface area contributed by atoms with E-state index in [9.17, 15) is 13.2 Å². The number of sulfonamides is 1. The van der Waals surface area contributed by atoms with Crippen molar-refractivity contribution in [3.05, 3.63) is 29.8 Å². The Kier molecular flexibility index (Phi) is 4.33. The summed E-state index contributed by atoms with van der Waals surface area (Å²) in [5.74, 6) is -0.482. The van der Waals surface area contributed by atoms with Crippen LogP contribution in [0.1, 0.15) is 17.3 Å². The number of nitrogens with zero attached hydrogens (tertiary/aromatic N) is 2. The molecular formula is C10H12N2O4S. The molecule has 0 bridgehead atoms. The predicted molar refractivity (Wildman–Crippen MR) is 61.8 cm³/mol. The molecule has 0 aliphatic heterocycles. The second-order valence-corrected chi connectivity index (χ2v) is 4.81. The first-order valence-electron chi connectivity index (χ1n) is 4.82. The van der Waals surface area contributed by atoms with Gasteiger partial charge in [0.25, 0.3) is 10.0 Å². The zero-order valence-electron chi connectivity index (χ0n) is 9.45. The van der Waals surface area contributed by atoms with Crippen LogP contribution in [0.5, 0.6) is 0 Å². The molecule has 0 heterocycles. The Labute approximate surface area is 99.4 Å². The molecule has 92 valence electrons. The van der Waals surface area contributed by atoms with Crippen molar-refractivity contribution in [3.63, 3.8) is 0 Å². The first-order chi connectivity index (χ1) is 7.92. The van der Waals surface area contributed by atoms with Crippen molar-refractivity contribution in [1.29, 1.82) is 0 Å². The predicted octanol–water partition coefficient (Wildman–Crippen LogP) is 1.91. The van der Waals surface area contributed by atoms with Crippen LogP contribution >= 0.6 is 0 Å². The van der Waals surface area contributed by atoms with Gasteiger partial charge in [-0.15, -0.1) is 5.11 Å². The maximum atomic E-state index is 11.4. The van der Waals surface area contributed by atoms with Crippen LogP contribution in [0.25, 0.3) is 0 Å². The maximum Gasteiger partial charge on any atom is 0.338 e. The Morgan fingerprint density at radius 3 is 2.71 bits per heavy atom. The molecule has 0 spiro atoms. The highest BCUT2D eigenvalue weighted by atomic mass is 32.2. The molecule has 0 aliphatic carbocycles. The SMILES string of the molecule is CCOC(=O)c1cccc(N=NS(C)(=O)=O)c1. The van der Waals surface area contributed by atoms with Crippen LogP contribution in [0.4, 0.5) is 5.69 Å². The van der Waals surface area contributed by atoms with Gasteiger partial charge in [0, 0.05) is 0 Å². The van der Waals surface area contributed by atoms with Crippen LogP contribution in [0.3, 0.4) is 0 Å². The molecule has 0 atom stereocenters. The minimum Gasteiger partial charge on any atom is -0.462 e. The van der Waals surface area contributed by atoms with Gasteiger partial charge in [-0.3, -0.25) is 0 Å². The molecule has 1 aromatic carbocycles. The van der Waals surface area contributed by atoms with Crippen LogP contribution in [0.2, 0.25) is 0 Å². The second-order valence-electron chi connectivity index (χ2n) is 3.19. The average molecular weight is 256 g/mol. The third kappa shape index (κ3) is 4.73. The Morgan fingerprint density at radius 1 is 1.41 bits per heavy atom. The number of esters is 1. The van der Waals surface area contributed by atoms with Gasteiger partial charge in [-0.05, 0) is 25.1 Å². The van der Waals surface area contributed by atoms with Crippen LogP contribution < -0.4 is 0 Å². The van der Waals surface area contributed by atoms with Gasteiger partial charge >= 0.3 is 5.97 Å². The van der Waals surface area contributed by atoms with Crippen molar-refractivity contribution < 1.29 is 17.9 Å². The summed E-state index contributed by atoms with van der Waals surface area (Å²) in [6.07, 6.45) is 0.936. The normalized spacial score (nSPS) is 11.6. The molecule has 0 N–H and O–H groups in total. The summed E-state index contributed by atoms with van der Waals surface area (Å²) >= 11 is 0. The van der Waals surface area contributed by atoms with E-state index >= 15 is 0 Å². The molecule has 1 rings (SSSR count). The van der Waals surface area contributed by atoms with Gasteiger partial charge in [-0.1, -0.05) is 10.6 Å². The van der Waals surface area contributed by atoms with Crippen molar-refractivity contribution in [2.45, 2.75) is 6.92 Å². The van der Waals surface area contributed by atoms with Gasteiger partial charge in [0.1, 0.15) is 0 Å². The standard InChI is InChI=1S/C10H12N2O4S/c1-3-16-10(13)8-5-4-6-9(7-8)11-12-17(2,14)15/h4-7H,3H2,1-2H3. The molecule has 7 heteroatoms. The van der Waals surface area contributed by atoms with E-state index in [1.807, 2.05) is 0 Å². The molecule has 6 nitrogen and oxygen atoms in total. The summed E-state index contributed by atoms with van der Waals surface area (Å²) in [7, 11) is -3.52. The highest BCUT2D eigenvalue weighted by molar-refractivity contribution is 7.89. The van der Waals surface area contributed by atoms with Crippen LogP contribution in [-0.2, 0) is 14.8 Å². The summed E-state index contributed by atoms with van der Waals surface area (Å²) < 4.78 is 29.5. The average Bonchev–Trinajstić information content (AvgIpc) is 2.26. The molecular weight excluding hydrogens is 244 g/mol. The van der Waals surface area contributed by atoms with E-state index in [0.717, 1.165) is 6.26 Å². The minimum atomic E-state index is -3.52. The number of rotatable bonds is 4. The van der Waals surface area contributed by atoms with E-state index in [4.69, 9.17) is 4.74 Å². The van der Waals surface area contributed by atoms with Crippen molar-refractivity contribution in [3.8, 4) is 0 Å². The molecule has 17 heavy (non-hydrogen) atoms. The van der Waals surface area contributed by atoms with Gasteiger partial charge in [-0.25, -0.2) is 13.2 Å². The summed E-state index contributed by atoms with van der Waals surface area (Å²) in [6, 6.07) is 6.07. The fourth-order valence-corrected chi connectivity index (χ4v) is 1.27. The molecule has 1 aromatic rings. The third-order valence-corrected chi connectivity index (χ3v) is 2.04. The number of hydrogen-bond donors (Lipinski definition) is 0. The van der Waals surface area contributed by atoms with Gasteiger partial charge in [0.05, 0.1) is 24.1 Å². The van der Waals surface area contributed by atoms with Crippen molar-refractivity contribution in [2.24, 2.45) is 9.63 Å². The van der Waals surface area contributed by atoms with Crippen molar-refractivity contribution in [2.75, 3.05) is 12.9 Å². The summed E-state index contributed by atoms with van der Waals surface area (Å²) in [6.45, 7) is 1.97. The number of carbonyl (C=O) groups is 1. The van der Waals surface area contributed by atoms with Gasteiger partial charge < -0.3 is 4.74 Å². The molecule has 0 amide bonds. The largest absolute Gasteiger partial charge is 0.462 e. The lowest BCUT2D eigenvalue weighted by Crippen LogP contribution is -2.03. The summed E-state index contributed by atoms with van der Waals surface area (Å²) in [4.78, 5) is 11.4. The quantitative estimate of drug-likeness (QED) is 0.608. The Morgan fingerprint density at radius 2 is 2.12 bits per heavy atom. The molecule has 0 saturated carbocycles. The Balaban J connectivity index is 2.94. The second kappa shape index (κ2) is 5.53. The molecule has 0 radical (unpaired) electrons. The lowest BCUT2D eigenvalue weighted by Gasteiger charge is -2.01. The van der Waals surface area contributed by atoms with Crippen molar-refractivity contribution in [1.82, 2.24) is 0 Å². The highest BCUT2D eigenvalue weighted by Gasteiger charge is 2.06. The van der Waals surface area contributed by atoms with E-state index in [-0.39, 0.29) is 12.3 Å². The molecule has 0 aromatic heterocycles. The maximum absolute atomic E-state index is 11.4. The number of ether oxygens (including phenoxy) is 1. The first kappa shape index (κ1) is 13.3. The van der Waals surface area contributed by atoms with Gasteiger partial charge in [0.2, 0.25) is 0 Å². The molecule has 0 saturated heterocycles. The van der Waals surface area contributed by atoms with Crippen LogP contribution in [0, 0.1) is 0 Å². The monoisotopic (exact) mass is 256 g/mol. The summed E-state index contributed by atoms with van der Waals surface area (Å²) in [5, 5.41) is 3.51. The van der Waals surface area contributed by atoms with E-state index in [1.165, 1.54) is 12.1 Å². The fraction of sp³-hybridized carbons (Fsp3) is 0.300. The van der Waals surface area contributed by atoms with Crippen LogP contribution in [0.15, 0.2) is 33.9 Å². The van der Waals surface area contributed by atoms with E-state index in [1.54, 1.807) is 19.1 Å². The van der Waals surface area contributed by atoms with Crippen LogP contribution in [-0.4, -0.2) is 27.2 Å². The number of carbonyl (C=O) groups excluding carboxylic acids is 1. The van der Waals surface area contributed by atoms with E-state index < -0.39 is 16.0 Å². The zero-order valence-corrected chi connectivity index (χ0v) is 10.3. The molecule has 0 fully saturated rings. The van der Waals surface area contributed by atoms with Crippen molar-refractivity contribution >= 4 is 21.7 Å². The number of benzene rings is 1.